The molecule has 0 aromatic carbocycles. The van der Waals surface area contributed by atoms with Crippen LogP contribution < -0.4 is 0 Å². The van der Waals surface area contributed by atoms with Gasteiger partial charge in [-0.05, 0) is 93.5 Å². The van der Waals surface area contributed by atoms with Gasteiger partial charge in [-0.2, -0.15) is 0 Å². The number of fused-ring (bicyclic) bond motifs is 7. The van der Waals surface area contributed by atoms with Gasteiger partial charge >= 0.3 is 0 Å². The Morgan fingerprint density at radius 3 is 2.78 bits per heavy atom. The molecule has 0 saturated heterocycles. The number of carbonyl (C=O) groups excluding carboxylic acids is 1. The Hall–Kier alpha value is -0.630. The highest BCUT2D eigenvalue weighted by Gasteiger charge is 2.74. The fourth-order valence-corrected chi connectivity index (χ4v) is 8.04. The average molecular weight is 314 g/mol. The molecule has 126 valence electrons. The summed E-state index contributed by atoms with van der Waals surface area (Å²) in [5.74, 6) is 4.78. The largest absolute Gasteiger partial charge is 0.389 e. The summed E-state index contributed by atoms with van der Waals surface area (Å²) in [5.41, 5.74) is 1.23. The van der Waals surface area contributed by atoms with E-state index >= 15 is 0 Å². The molecule has 5 rings (SSSR count). The molecule has 2 heteroatoms. The van der Waals surface area contributed by atoms with Crippen molar-refractivity contribution >= 4 is 5.78 Å². The van der Waals surface area contributed by atoms with Crippen LogP contribution in [-0.2, 0) is 4.79 Å². The molecule has 0 amide bonds. The molecule has 0 radical (unpaired) electrons. The lowest BCUT2D eigenvalue weighted by Gasteiger charge is -2.58. The normalized spacial score (nSPS) is 57.0. The molecule has 0 heterocycles. The molecule has 4 fully saturated rings. The fraction of sp³-hybridized carbons (Fsp3) is 0.857. The van der Waals surface area contributed by atoms with Gasteiger partial charge in [-0.25, -0.2) is 0 Å². The van der Waals surface area contributed by atoms with Gasteiger partial charge in [0.15, 0.2) is 5.78 Å². The van der Waals surface area contributed by atoms with Gasteiger partial charge in [-0.15, -0.1) is 0 Å². The standard InChI is InChI=1S/C21H30O2/c1-3-21-9-8-15-14-7-5-13(22)10-12(14)4-6-16(15)19(21)17-11-18(17)20(21,2)23/h10,14-19,23H,3-9,11H2,1-2H3/t14?,15?,16?,17?,18?,19?,20-,21?/m0/s1. The summed E-state index contributed by atoms with van der Waals surface area (Å²) >= 11 is 0. The first-order chi connectivity index (χ1) is 11.0. The van der Waals surface area contributed by atoms with Crippen LogP contribution in [0.1, 0.15) is 65.2 Å². The van der Waals surface area contributed by atoms with Crippen LogP contribution in [0, 0.1) is 40.9 Å². The molecule has 0 bridgehead atoms. The second-order valence-electron chi connectivity index (χ2n) is 9.42. The van der Waals surface area contributed by atoms with Gasteiger partial charge in [-0.3, -0.25) is 4.79 Å². The number of allylic oxidation sites excluding steroid dienone is 1. The summed E-state index contributed by atoms with van der Waals surface area (Å²) in [7, 11) is 0. The van der Waals surface area contributed by atoms with E-state index in [-0.39, 0.29) is 5.41 Å². The van der Waals surface area contributed by atoms with E-state index in [4.69, 9.17) is 0 Å². The highest BCUT2D eigenvalue weighted by Crippen LogP contribution is 2.76. The molecule has 0 aliphatic heterocycles. The first kappa shape index (κ1) is 14.7. The minimum atomic E-state index is -0.430. The zero-order chi connectivity index (χ0) is 16.0. The van der Waals surface area contributed by atoms with E-state index in [1.807, 2.05) is 6.08 Å². The van der Waals surface area contributed by atoms with E-state index in [1.165, 1.54) is 31.3 Å². The second kappa shape index (κ2) is 4.50. The molecule has 1 N–H and O–H groups in total. The van der Waals surface area contributed by atoms with Crippen molar-refractivity contribution in [1.29, 1.82) is 0 Å². The summed E-state index contributed by atoms with van der Waals surface area (Å²) in [5, 5.41) is 11.4. The zero-order valence-electron chi connectivity index (χ0n) is 14.6. The molecule has 23 heavy (non-hydrogen) atoms. The topological polar surface area (TPSA) is 37.3 Å². The van der Waals surface area contributed by atoms with Crippen LogP contribution >= 0.6 is 0 Å². The van der Waals surface area contributed by atoms with Gasteiger partial charge in [-0.1, -0.05) is 12.5 Å². The van der Waals surface area contributed by atoms with Gasteiger partial charge < -0.3 is 5.11 Å². The summed E-state index contributed by atoms with van der Waals surface area (Å²) in [4.78, 5) is 11.8. The maximum Gasteiger partial charge on any atom is 0.155 e. The minimum absolute atomic E-state index is 0.188. The second-order valence-corrected chi connectivity index (χ2v) is 9.42. The SMILES string of the molecule is CCC12CCC3C4CCC(=O)C=C4CCC3C1C1CC1[C@]2(C)O. The predicted octanol–water partition coefficient (Wildman–Crippen LogP) is 4.13. The van der Waals surface area contributed by atoms with Gasteiger partial charge in [0.1, 0.15) is 0 Å². The first-order valence-electron chi connectivity index (χ1n) is 9.95. The van der Waals surface area contributed by atoms with Crippen LogP contribution in [0.3, 0.4) is 0 Å². The predicted molar refractivity (Wildman–Crippen MR) is 89.7 cm³/mol. The summed E-state index contributed by atoms with van der Waals surface area (Å²) in [6.45, 7) is 4.48. The fourth-order valence-electron chi connectivity index (χ4n) is 8.04. The molecular weight excluding hydrogens is 284 g/mol. The average Bonchev–Trinajstić information content (AvgIpc) is 3.30. The van der Waals surface area contributed by atoms with Crippen molar-refractivity contribution in [2.45, 2.75) is 70.8 Å². The van der Waals surface area contributed by atoms with Crippen molar-refractivity contribution in [3.63, 3.8) is 0 Å². The van der Waals surface area contributed by atoms with E-state index in [0.29, 0.717) is 17.6 Å². The van der Waals surface area contributed by atoms with Crippen molar-refractivity contribution in [1.82, 2.24) is 0 Å². The number of hydrogen-bond acceptors (Lipinski definition) is 2. The Bertz CT molecular complexity index is 589. The summed E-state index contributed by atoms with van der Waals surface area (Å²) in [6.07, 6.45) is 11.2. The van der Waals surface area contributed by atoms with Gasteiger partial charge in [0, 0.05) is 11.8 Å². The molecule has 5 aliphatic carbocycles. The summed E-state index contributed by atoms with van der Waals surface area (Å²) < 4.78 is 0. The highest BCUT2D eigenvalue weighted by molar-refractivity contribution is 5.91. The van der Waals surface area contributed by atoms with Crippen LogP contribution in [0.4, 0.5) is 0 Å². The van der Waals surface area contributed by atoms with Crippen molar-refractivity contribution in [3.05, 3.63) is 11.6 Å². The van der Waals surface area contributed by atoms with E-state index in [9.17, 15) is 9.90 Å². The molecular formula is C21H30O2. The van der Waals surface area contributed by atoms with E-state index in [2.05, 4.69) is 13.8 Å². The van der Waals surface area contributed by atoms with Crippen molar-refractivity contribution in [2.75, 3.05) is 0 Å². The third-order valence-corrected chi connectivity index (χ3v) is 9.04. The van der Waals surface area contributed by atoms with Crippen LogP contribution in [0.25, 0.3) is 0 Å². The molecule has 0 aromatic rings. The van der Waals surface area contributed by atoms with Crippen LogP contribution in [0.15, 0.2) is 11.6 Å². The number of carbonyl (C=O) groups is 1. The third kappa shape index (κ3) is 1.67. The maximum absolute atomic E-state index is 11.8. The molecule has 0 spiro atoms. The van der Waals surface area contributed by atoms with Gasteiger partial charge in [0.2, 0.25) is 0 Å². The lowest BCUT2D eigenvalue weighted by Crippen LogP contribution is -2.55. The number of rotatable bonds is 1. The van der Waals surface area contributed by atoms with E-state index in [0.717, 1.165) is 49.4 Å². The quantitative estimate of drug-likeness (QED) is 0.790. The molecule has 5 aliphatic rings. The zero-order valence-corrected chi connectivity index (χ0v) is 14.6. The Kier molecular flexibility index (Phi) is 2.88. The van der Waals surface area contributed by atoms with Gasteiger partial charge in [0.25, 0.3) is 0 Å². The Balaban J connectivity index is 1.52. The van der Waals surface area contributed by atoms with Crippen LogP contribution in [0.2, 0.25) is 0 Å². The lowest BCUT2D eigenvalue weighted by molar-refractivity contribution is -0.141. The maximum atomic E-state index is 11.8. The van der Waals surface area contributed by atoms with Crippen molar-refractivity contribution in [3.8, 4) is 0 Å². The van der Waals surface area contributed by atoms with Crippen LogP contribution in [0.5, 0.6) is 0 Å². The van der Waals surface area contributed by atoms with Crippen LogP contribution in [-0.4, -0.2) is 16.5 Å². The van der Waals surface area contributed by atoms with Crippen molar-refractivity contribution < 1.29 is 9.90 Å². The minimum Gasteiger partial charge on any atom is -0.389 e. The number of ketones is 1. The molecule has 2 nitrogen and oxygen atoms in total. The van der Waals surface area contributed by atoms with E-state index < -0.39 is 5.60 Å². The summed E-state index contributed by atoms with van der Waals surface area (Å²) in [6, 6.07) is 0. The first-order valence-corrected chi connectivity index (χ1v) is 9.95. The monoisotopic (exact) mass is 314 g/mol. The molecule has 0 aromatic heterocycles. The molecule has 8 atom stereocenters. The highest BCUT2D eigenvalue weighted by atomic mass is 16.3. The number of hydrogen-bond donors (Lipinski definition) is 1. The smallest absolute Gasteiger partial charge is 0.155 e. The third-order valence-electron chi connectivity index (χ3n) is 9.04. The van der Waals surface area contributed by atoms with Crippen molar-refractivity contribution in [2.24, 2.45) is 40.9 Å². The Morgan fingerprint density at radius 1 is 1.17 bits per heavy atom. The Labute approximate surface area is 139 Å². The molecule has 7 unspecified atom stereocenters. The number of aliphatic hydroxyl groups is 1. The van der Waals surface area contributed by atoms with E-state index in [1.54, 1.807) is 0 Å². The lowest BCUT2D eigenvalue weighted by atomic mass is 9.48. The Morgan fingerprint density at radius 2 is 2.00 bits per heavy atom. The molecule has 4 saturated carbocycles. The van der Waals surface area contributed by atoms with Gasteiger partial charge in [0.05, 0.1) is 5.60 Å².